The second-order valence-electron chi connectivity index (χ2n) is 8.45. The molecule has 4 rings (SSSR count). The van der Waals surface area contributed by atoms with Gasteiger partial charge in [-0.2, -0.15) is 0 Å². The fourth-order valence-electron chi connectivity index (χ4n) is 4.85. The third-order valence-electron chi connectivity index (χ3n) is 6.82. The lowest BCUT2D eigenvalue weighted by molar-refractivity contribution is 0.126. The lowest BCUT2D eigenvalue weighted by Gasteiger charge is -2.41. The first-order valence-corrected chi connectivity index (χ1v) is 11.1. The molecule has 5 nitrogen and oxygen atoms in total. The van der Waals surface area contributed by atoms with E-state index in [0.29, 0.717) is 11.8 Å². The van der Waals surface area contributed by atoms with Crippen LogP contribution in [0.5, 0.6) is 5.75 Å². The Labute approximate surface area is 180 Å². The Morgan fingerprint density at radius 2 is 1.47 bits per heavy atom. The lowest BCUT2D eigenvalue weighted by atomic mass is 9.81. The number of benzene rings is 2. The first-order chi connectivity index (χ1) is 14.7. The van der Waals surface area contributed by atoms with Crippen LogP contribution >= 0.6 is 0 Å². The number of urea groups is 1. The summed E-state index contributed by atoms with van der Waals surface area (Å²) >= 11 is 0. The molecule has 2 aromatic carbocycles. The standard InChI is InChI=1S/C25H33N3O2/c1-20(21-8-4-3-5-9-21)22-12-14-27(15-13-22)25(29)28-18-16-26(17-19-28)23-10-6-7-11-24(23)30-2/h3-11,20,22H,12-19H2,1-2H3. The molecule has 0 aliphatic carbocycles. The Morgan fingerprint density at radius 3 is 2.13 bits per heavy atom. The molecule has 30 heavy (non-hydrogen) atoms. The number of likely N-dealkylation sites (tertiary alicyclic amines) is 1. The van der Waals surface area contributed by atoms with Crippen LogP contribution in [0.1, 0.15) is 31.2 Å². The average Bonchev–Trinajstić information content (AvgIpc) is 2.84. The number of hydrogen-bond acceptors (Lipinski definition) is 3. The number of carbonyl (C=O) groups is 1. The highest BCUT2D eigenvalue weighted by molar-refractivity contribution is 5.75. The van der Waals surface area contributed by atoms with Gasteiger partial charge in [0.2, 0.25) is 0 Å². The monoisotopic (exact) mass is 407 g/mol. The van der Waals surface area contributed by atoms with Gasteiger partial charge in [-0.05, 0) is 42.4 Å². The first kappa shape index (κ1) is 20.6. The minimum atomic E-state index is 0.209. The van der Waals surface area contributed by atoms with Crippen molar-refractivity contribution in [2.75, 3.05) is 51.3 Å². The molecule has 0 saturated carbocycles. The Balaban J connectivity index is 1.28. The molecule has 2 aliphatic heterocycles. The Kier molecular flexibility index (Phi) is 6.46. The molecule has 2 heterocycles. The Hall–Kier alpha value is -2.69. The molecule has 5 heteroatoms. The van der Waals surface area contributed by atoms with E-state index < -0.39 is 0 Å². The summed E-state index contributed by atoms with van der Waals surface area (Å²) in [5.41, 5.74) is 2.53. The number of piperazine rings is 1. The van der Waals surface area contributed by atoms with E-state index in [0.717, 1.165) is 63.5 Å². The van der Waals surface area contributed by atoms with Crippen molar-refractivity contribution in [2.45, 2.75) is 25.7 Å². The van der Waals surface area contributed by atoms with Gasteiger partial charge in [-0.1, -0.05) is 49.4 Å². The van der Waals surface area contributed by atoms with E-state index in [9.17, 15) is 4.79 Å². The van der Waals surface area contributed by atoms with Crippen molar-refractivity contribution in [3.8, 4) is 5.75 Å². The quantitative estimate of drug-likeness (QED) is 0.751. The highest BCUT2D eigenvalue weighted by Gasteiger charge is 2.31. The van der Waals surface area contributed by atoms with Crippen molar-refractivity contribution in [1.82, 2.24) is 9.80 Å². The van der Waals surface area contributed by atoms with Gasteiger partial charge in [0, 0.05) is 39.3 Å². The van der Waals surface area contributed by atoms with Gasteiger partial charge in [0.25, 0.3) is 0 Å². The molecule has 1 unspecified atom stereocenters. The van der Waals surface area contributed by atoms with Crippen molar-refractivity contribution in [3.05, 3.63) is 60.2 Å². The highest BCUT2D eigenvalue weighted by atomic mass is 16.5. The topological polar surface area (TPSA) is 36.0 Å². The van der Waals surface area contributed by atoms with E-state index in [1.807, 2.05) is 23.1 Å². The first-order valence-electron chi connectivity index (χ1n) is 11.1. The minimum absolute atomic E-state index is 0.209. The zero-order valence-corrected chi connectivity index (χ0v) is 18.2. The van der Waals surface area contributed by atoms with Crippen LogP contribution in [0.15, 0.2) is 54.6 Å². The van der Waals surface area contributed by atoms with E-state index >= 15 is 0 Å². The summed E-state index contributed by atoms with van der Waals surface area (Å²) in [4.78, 5) is 19.5. The predicted molar refractivity (Wildman–Crippen MR) is 121 cm³/mol. The maximum atomic E-state index is 13.1. The van der Waals surface area contributed by atoms with Gasteiger partial charge in [0.15, 0.2) is 0 Å². The van der Waals surface area contributed by atoms with Gasteiger partial charge in [-0.15, -0.1) is 0 Å². The third-order valence-corrected chi connectivity index (χ3v) is 6.82. The fourth-order valence-corrected chi connectivity index (χ4v) is 4.85. The molecule has 0 aromatic heterocycles. The van der Waals surface area contributed by atoms with Gasteiger partial charge >= 0.3 is 6.03 Å². The largest absolute Gasteiger partial charge is 0.495 e. The van der Waals surface area contributed by atoms with Crippen LogP contribution < -0.4 is 9.64 Å². The van der Waals surface area contributed by atoms with Gasteiger partial charge in [0.1, 0.15) is 5.75 Å². The number of carbonyl (C=O) groups excluding carboxylic acids is 1. The summed E-state index contributed by atoms with van der Waals surface area (Å²) in [6.07, 6.45) is 2.17. The molecule has 2 saturated heterocycles. The second-order valence-corrected chi connectivity index (χ2v) is 8.45. The molecule has 0 bridgehead atoms. The molecule has 0 N–H and O–H groups in total. The van der Waals surface area contributed by atoms with Crippen LogP contribution in [0.4, 0.5) is 10.5 Å². The fraction of sp³-hybridized carbons (Fsp3) is 0.480. The van der Waals surface area contributed by atoms with Crippen molar-refractivity contribution in [3.63, 3.8) is 0 Å². The summed E-state index contributed by atoms with van der Waals surface area (Å²) in [7, 11) is 1.71. The van der Waals surface area contributed by atoms with Crippen molar-refractivity contribution < 1.29 is 9.53 Å². The summed E-state index contributed by atoms with van der Waals surface area (Å²) in [6, 6.07) is 19.1. The number of rotatable bonds is 4. The molecular formula is C25H33N3O2. The van der Waals surface area contributed by atoms with Crippen LogP contribution in [0.25, 0.3) is 0 Å². The van der Waals surface area contributed by atoms with E-state index in [1.165, 1.54) is 5.56 Å². The van der Waals surface area contributed by atoms with Crippen LogP contribution in [-0.4, -0.2) is 62.2 Å². The average molecular weight is 408 g/mol. The Morgan fingerprint density at radius 1 is 0.867 bits per heavy atom. The van der Waals surface area contributed by atoms with Crippen LogP contribution in [-0.2, 0) is 0 Å². The molecular weight excluding hydrogens is 374 g/mol. The minimum Gasteiger partial charge on any atom is -0.495 e. The SMILES string of the molecule is COc1ccccc1N1CCN(C(=O)N2CCC(C(C)c3ccccc3)CC2)CC1. The molecule has 0 radical (unpaired) electrons. The highest BCUT2D eigenvalue weighted by Crippen LogP contribution is 2.33. The number of nitrogens with zero attached hydrogens (tertiary/aromatic N) is 3. The van der Waals surface area contributed by atoms with E-state index in [2.05, 4.69) is 53.1 Å². The molecule has 0 spiro atoms. The number of para-hydroxylation sites is 2. The smallest absolute Gasteiger partial charge is 0.320 e. The Bertz CT molecular complexity index is 825. The number of hydrogen-bond donors (Lipinski definition) is 0. The van der Waals surface area contributed by atoms with Crippen LogP contribution in [0.3, 0.4) is 0 Å². The van der Waals surface area contributed by atoms with Crippen LogP contribution in [0.2, 0.25) is 0 Å². The number of anilines is 1. The number of piperidine rings is 1. The van der Waals surface area contributed by atoms with Crippen molar-refractivity contribution in [2.24, 2.45) is 5.92 Å². The lowest BCUT2D eigenvalue weighted by Crippen LogP contribution is -2.54. The predicted octanol–water partition coefficient (Wildman–Crippen LogP) is 4.45. The number of amides is 2. The van der Waals surface area contributed by atoms with Gasteiger partial charge in [-0.3, -0.25) is 0 Å². The summed E-state index contributed by atoms with van der Waals surface area (Å²) < 4.78 is 5.50. The molecule has 160 valence electrons. The summed E-state index contributed by atoms with van der Waals surface area (Å²) in [5.74, 6) is 2.10. The van der Waals surface area contributed by atoms with Gasteiger partial charge in [-0.25, -0.2) is 4.79 Å². The van der Waals surface area contributed by atoms with E-state index in [4.69, 9.17) is 4.74 Å². The molecule has 2 amide bonds. The summed E-state index contributed by atoms with van der Waals surface area (Å²) in [5, 5.41) is 0. The van der Waals surface area contributed by atoms with Crippen molar-refractivity contribution >= 4 is 11.7 Å². The summed E-state index contributed by atoms with van der Waals surface area (Å²) in [6.45, 7) is 7.27. The van der Waals surface area contributed by atoms with E-state index in [-0.39, 0.29) is 6.03 Å². The molecule has 2 aliphatic rings. The second kappa shape index (κ2) is 9.41. The third kappa shape index (κ3) is 4.40. The zero-order valence-electron chi connectivity index (χ0n) is 18.2. The van der Waals surface area contributed by atoms with Crippen molar-refractivity contribution in [1.29, 1.82) is 0 Å². The number of methoxy groups -OCH3 is 1. The van der Waals surface area contributed by atoms with Gasteiger partial charge in [0.05, 0.1) is 12.8 Å². The maximum absolute atomic E-state index is 13.1. The number of ether oxygens (including phenoxy) is 1. The normalized spacial score (nSPS) is 18.9. The molecule has 2 fully saturated rings. The molecule has 1 atom stereocenters. The zero-order chi connectivity index (χ0) is 20.9. The van der Waals surface area contributed by atoms with Gasteiger partial charge < -0.3 is 19.4 Å². The van der Waals surface area contributed by atoms with Crippen LogP contribution in [0, 0.1) is 5.92 Å². The van der Waals surface area contributed by atoms with E-state index in [1.54, 1.807) is 7.11 Å². The maximum Gasteiger partial charge on any atom is 0.320 e. The molecule has 2 aromatic rings.